The molecule has 3 aliphatic heterocycles. The van der Waals surface area contributed by atoms with E-state index in [4.69, 9.17) is 31.0 Å². The van der Waals surface area contributed by atoms with Crippen LogP contribution in [0.3, 0.4) is 0 Å². The van der Waals surface area contributed by atoms with Gasteiger partial charge in [0.15, 0.2) is 0 Å². The summed E-state index contributed by atoms with van der Waals surface area (Å²) >= 11 is 6.80. The van der Waals surface area contributed by atoms with Crippen molar-refractivity contribution in [3.63, 3.8) is 0 Å². The number of alkyl carbamates (subject to hydrolysis) is 2. The highest BCUT2D eigenvalue weighted by Crippen LogP contribution is 2.81. The Labute approximate surface area is 340 Å². The van der Waals surface area contributed by atoms with Gasteiger partial charge in [-0.05, 0) is 71.1 Å². The first-order chi connectivity index (χ1) is 27.9. The molecule has 58 heavy (non-hydrogen) atoms. The third kappa shape index (κ3) is 6.23. The lowest BCUT2D eigenvalue weighted by molar-refractivity contribution is -0.136. The number of H-pyrrole nitrogens is 2. The summed E-state index contributed by atoms with van der Waals surface area (Å²) in [6.45, 7) is 8.21. The van der Waals surface area contributed by atoms with Gasteiger partial charge in [0.05, 0.1) is 37.3 Å². The normalized spacial score (nSPS) is 23.9. The van der Waals surface area contributed by atoms with Gasteiger partial charge in [0.1, 0.15) is 34.6 Å². The minimum atomic E-state index is -0.703. The van der Waals surface area contributed by atoms with E-state index in [0.717, 1.165) is 57.2 Å². The summed E-state index contributed by atoms with van der Waals surface area (Å²) in [5.74, 6) is 2.21. The van der Waals surface area contributed by atoms with Gasteiger partial charge in [-0.25, -0.2) is 19.6 Å². The SMILES string of the molecule is COC(=O)N[C@H](C(=O)N1CCC[C@H]1c1nc2c(ccc3cc(-c4ccc(-c5nc([C@@H]6C7C8C([C@H]87)N6C(=O)[C@@H](NC(=O)OC)C(C)C)[nH]c5Cl)cc4)ccc32)[nH]1)C(C)C. The number of benzene rings is 3. The quantitative estimate of drug-likeness (QED) is 0.117. The number of methoxy groups -OCH3 is 2. The lowest BCUT2D eigenvalue weighted by Gasteiger charge is -2.29. The second kappa shape index (κ2) is 14.3. The highest BCUT2D eigenvalue weighted by Gasteiger charge is 2.86. The molecule has 2 bridgehead atoms. The topological polar surface area (TPSA) is 175 Å². The summed E-state index contributed by atoms with van der Waals surface area (Å²) in [5, 5.41) is 7.89. The fourth-order valence-corrected chi connectivity index (χ4v) is 9.78. The first kappa shape index (κ1) is 37.9. The molecule has 0 radical (unpaired) electrons. The number of imidazole rings is 2. The highest BCUT2D eigenvalue weighted by atomic mass is 35.5. The van der Waals surface area contributed by atoms with E-state index < -0.39 is 24.3 Å². The fourth-order valence-electron chi connectivity index (χ4n) is 9.53. The van der Waals surface area contributed by atoms with Crippen LogP contribution in [-0.4, -0.2) is 92.6 Å². The zero-order valence-electron chi connectivity index (χ0n) is 33.2. The number of aromatic nitrogens is 4. The highest BCUT2D eigenvalue weighted by molar-refractivity contribution is 6.32. The summed E-state index contributed by atoms with van der Waals surface area (Å²) in [6.07, 6.45) is 0.354. The number of amides is 4. The third-order valence-electron chi connectivity index (χ3n) is 12.7. The molecule has 0 spiro atoms. The molecule has 2 aromatic heterocycles. The molecule has 5 aromatic rings. The Kier molecular flexibility index (Phi) is 9.37. The maximum atomic E-state index is 13.9. The smallest absolute Gasteiger partial charge is 0.407 e. The van der Waals surface area contributed by atoms with E-state index in [9.17, 15) is 19.2 Å². The first-order valence-electron chi connectivity index (χ1n) is 20.0. The van der Waals surface area contributed by atoms with E-state index in [0.29, 0.717) is 41.0 Å². The second-order valence-electron chi connectivity index (χ2n) is 16.7. The van der Waals surface area contributed by atoms with Crippen molar-refractivity contribution in [2.75, 3.05) is 20.8 Å². The van der Waals surface area contributed by atoms with Crippen LogP contribution in [0, 0.1) is 29.6 Å². The number of carbonyl (C=O) groups excluding carboxylic acids is 4. The van der Waals surface area contributed by atoms with Gasteiger partial charge in [0.2, 0.25) is 11.8 Å². The molecule has 2 saturated carbocycles. The zero-order chi connectivity index (χ0) is 40.7. The predicted octanol–water partition coefficient (Wildman–Crippen LogP) is 6.98. The van der Waals surface area contributed by atoms with Crippen LogP contribution >= 0.6 is 11.6 Å². The average Bonchev–Trinajstić information content (AvgIpc) is 3.64. The number of nitrogens with one attached hydrogen (secondary N) is 4. The molecule has 3 unspecified atom stereocenters. The zero-order valence-corrected chi connectivity index (χ0v) is 34.0. The number of nitrogens with zero attached hydrogens (tertiary/aromatic N) is 4. The number of hydrogen-bond donors (Lipinski definition) is 4. The second-order valence-corrected chi connectivity index (χ2v) is 17.1. The summed E-state index contributed by atoms with van der Waals surface area (Å²) in [7, 11) is 2.58. The van der Waals surface area contributed by atoms with E-state index in [2.05, 4.69) is 57.0 Å². The summed E-state index contributed by atoms with van der Waals surface area (Å²) in [4.78, 5) is 72.2. The molecule has 4 amide bonds. The Morgan fingerprint density at radius 2 is 1.41 bits per heavy atom. The van der Waals surface area contributed by atoms with Crippen LogP contribution in [0.4, 0.5) is 9.59 Å². The predicted molar refractivity (Wildman–Crippen MR) is 217 cm³/mol. The number of ether oxygens (including phenoxy) is 2. The van der Waals surface area contributed by atoms with Crippen molar-refractivity contribution in [3.05, 3.63) is 71.4 Å². The van der Waals surface area contributed by atoms with Gasteiger partial charge >= 0.3 is 12.2 Å². The Morgan fingerprint density at radius 1 is 0.776 bits per heavy atom. The molecule has 4 N–H and O–H groups in total. The largest absolute Gasteiger partial charge is 0.453 e. The molecule has 5 aliphatic rings. The Morgan fingerprint density at radius 3 is 2.07 bits per heavy atom. The first-order valence-corrected chi connectivity index (χ1v) is 20.4. The van der Waals surface area contributed by atoms with Gasteiger partial charge in [-0.15, -0.1) is 0 Å². The van der Waals surface area contributed by atoms with E-state index in [1.54, 1.807) is 0 Å². The lowest BCUT2D eigenvalue weighted by Crippen LogP contribution is -2.51. The number of halogens is 1. The monoisotopic (exact) mass is 806 g/mol. The Balaban J connectivity index is 0.932. The van der Waals surface area contributed by atoms with Crippen LogP contribution in [0.1, 0.15) is 64.3 Å². The molecular weight excluding hydrogens is 760 g/mol. The van der Waals surface area contributed by atoms with Crippen LogP contribution in [0.15, 0.2) is 54.6 Å². The van der Waals surface area contributed by atoms with Crippen molar-refractivity contribution in [2.45, 2.75) is 70.7 Å². The van der Waals surface area contributed by atoms with Crippen molar-refractivity contribution in [2.24, 2.45) is 29.6 Å². The molecule has 3 aromatic carbocycles. The van der Waals surface area contributed by atoms with Gasteiger partial charge in [-0.1, -0.05) is 81.8 Å². The molecule has 5 heterocycles. The van der Waals surface area contributed by atoms with E-state index in [1.807, 2.05) is 55.7 Å². The van der Waals surface area contributed by atoms with Gasteiger partial charge in [0, 0.05) is 23.5 Å². The van der Waals surface area contributed by atoms with Crippen LogP contribution in [0.25, 0.3) is 44.2 Å². The maximum Gasteiger partial charge on any atom is 0.407 e. The van der Waals surface area contributed by atoms with E-state index in [1.165, 1.54) is 14.2 Å². The van der Waals surface area contributed by atoms with Crippen molar-refractivity contribution in [3.8, 4) is 22.4 Å². The van der Waals surface area contributed by atoms with Crippen LogP contribution in [-0.2, 0) is 19.1 Å². The number of hydrogen-bond acceptors (Lipinski definition) is 8. The lowest BCUT2D eigenvalue weighted by atomic mass is 9.99. The van der Waals surface area contributed by atoms with E-state index >= 15 is 0 Å². The number of aromatic amines is 2. The molecule has 10 rings (SSSR count). The van der Waals surface area contributed by atoms with Crippen LogP contribution in [0.5, 0.6) is 0 Å². The minimum Gasteiger partial charge on any atom is -0.453 e. The number of carbonyl (C=O) groups is 4. The fraction of sp³-hybridized carbons (Fsp3) is 0.442. The number of rotatable bonds is 10. The minimum absolute atomic E-state index is 0.116. The van der Waals surface area contributed by atoms with Gasteiger partial charge in [-0.2, -0.15) is 0 Å². The van der Waals surface area contributed by atoms with Crippen molar-refractivity contribution in [1.29, 1.82) is 0 Å². The van der Waals surface area contributed by atoms with Crippen LogP contribution in [0.2, 0.25) is 5.15 Å². The summed E-state index contributed by atoms with van der Waals surface area (Å²) < 4.78 is 9.58. The molecule has 3 saturated heterocycles. The number of likely N-dealkylation sites (tertiary alicyclic amines) is 1. The number of fused-ring (bicyclic) bond motifs is 4. The average molecular weight is 807 g/mol. The number of piperidine rings is 1. The van der Waals surface area contributed by atoms with Crippen molar-refractivity contribution in [1.82, 2.24) is 40.4 Å². The van der Waals surface area contributed by atoms with Crippen LogP contribution < -0.4 is 10.6 Å². The molecular formula is C43H47ClN8O6. The molecule has 15 heteroatoms. The van der Waals surface area contributed by atoms with Gasteiger partial charge in [-0.3, -0.25) is 9.59 Å². The van der Waals surface area contributed by atoms with Gasteiger partial charge in [0.25, 0.3) is 0 Å². The summed E-state index contributed by atoms with van der Waals surface area (Å²) in [5.41, 5.74) is 5.27. The van der Waals surface area contributed by atoms with E-state index in [-0.39, 0.29) is 41.8 Å². The van der Waals surface area contributed by atoms with Gasteiger partial charge < -0.3 is 39.9 Å². The standard InChI is InChI=1S/C43H47ClN8O6/c1-19(2)31(48-42(55)57-5)40(53)51-17-7-8-27(51)38-45-26-16-14-24-18-23(13-15-25(24)34(26)47-38)21-9-11-22(12-10-21)33-37(44)50-39(46-33)36-30-28-29(30)35(28)52(36)41(54)32(20(3)4)49-43(56)58-6/h9-16,18-20,27-32,35-36H,7-8,17H2,1-6H3,(H,45,47)(H,46,50)(H,48,55)(H,49,56)/t27-,28+,29?,30?,31-,32-,35?,36-/m0/s1. The summed E-state index contributed by atoms with van der Waals surface area (Å²) in [6, 6.07) is 16.9. The maximum absolute atomic E-state index is 13.9. The molecule has 302 valence electrons. The van der Waals surface area contributed by atoms with Crippen molar-refractivity contribution < 1.29 is 28.7 Å². The molecule has 2 aliphatic carbocycles. The molecule has 8 atom stereocenters. The molecule has 5 fully saturated rings. The Bertz CT molecular complexity index is 2450. The molecule has 14 nitrogen and oxygen atoms in total. The third-order valence-corrected chi connectivity index (χ3v) is 12.9. The Hall–Kier alpha value is -5.63. The van der Waals surface area contributed by atoms with Crippen molar-refractivity contribution >= 4 is 57.4 Å².